The van der Waals surface area contributed by atoms with Gasteiger partial charge in [-0.3, -0.25) is 0 Å². The quantitative estimate of drug-likeness (QED) is 0.224. The van der Waals surface area contributed by atoms with E-state index < -0.39 is 5.97 Å². The van der Waals surface area contributed by atoms with E-state index in [0.717, 1.165) is 44.6 Å². The van der Waals surface area contributed by atoms with Gasteiger partial charge in [-0.25, -0.2) is 4.79 Å². The molecule has 0 amide bonds. The van der Waals surface area contributed by atoms with Crippen LogP contribution in [0, 0.1) is 6.92 Å². The zero-order valence-electron chi connectivity index (χ0n) is 20.4. The summed E-state index contributed by atoms with van der Waals surface area (Å²) in [7, 11) is 0. The number of aliphatic carboxylic acids is 1. The zero-order valence-corrected chi connectivity index (χ0v) is 21.1. The molecule has 0 unspecified atom stereocenters. The fourth-order valence-electron chi connectivity index (χ4n) is 4.50. The first kappa shape index (κ1) is 24.5. The summed E-state index contributed by atoms with van der Waals surface area (Å²) < 4.78 is 13.7. The highest BCUT2D eigenvalue weighted by atomic mass is 35.5. The molecule has 4 aromatic carbocycles. The summed E-state index contributed by atoms with van der Waals surface area (Å²) >= 11 is 6.18. The molecule has 1 aromatic heterocycles. The van der Waals surface area contributed by atoms with Crippen molar-refractivity contribution < 1.29 is 19.4 Å². The highest BCUT2D eigenvalue weighted by molar-refractivity contribution is 6.30. The molecule has 37 heavy (non-hydrogen) atoms. The van der Waals surface area contributed by atoms with E-state index in [2.05, 4.69) is 35.8 Å². The van der Waals surface area contributed by atoms with Crippen LogP contribution in [0.4, 0.5) is 0 Å². The van der Waals surface area contributed by atoms with Crippen molar-refractivity contribution in [1.82, 2.24) is 4.57 Å². The van der Waals surface area contributed by atoms with Crippen LogP contribution in [-0.2, 0) is 17.9 Å². The van der Waals surface area contributed by atoms with Crippen LogP contribution < -0.4 is 9.47 Å². The van der Waals surface area contributed by atoms with Crippen molar-refractivity contribution in [3.05, 3.63) is 119 Å². The fraction of sp³-hybridized carbons (Fsp3) is 0.129. The Morgan fingerprint density at radius 1 is 0.838 bits per heavy atom. The van der Waals surface area contributed by atoms with Crippen LogP contribution in [0.3, 0.4) is 0 Å². The third-order valence-electron chi connectivity index (χ3n) is 6.28. The number of aromatic nitrogens is 1. The predicted molar refractivity (Wildman–Crippen MR) is 147 cm³/mol. The number of hydrogen-bond acceptors (Lipinski definition) is 3. The minimum Gasteiger partial charge on any atom is -0.489 e. The number of benzene rings is 4. The van der Waals surface area contributed by atoms with Crippen molar-refractivity contribution in [3.8, 4) is 22.8 Å². The Labute approximate surface area is 220 Å². The second kappa shape index (κ2) is 10.8. The molecule has 0 aliphatic rings. The van der Waals surface area contributed by atoms with Crippen molar-refractivity contribution in [1.29, 1.82) is 0 Å². The monoisotopic (exact) mass is 511 g/mol. The molecule has 5 rings (SSSR count). The van der Waals surface area contributed by atoms with Gasteiger partial charge in [-0.1, -0.05) is 66.2 Å². The first-order valence-electron chi connectivity index (χ1n) is 12.0. The molecular formula is C31H26ClNO4. The van der Waals surface area contributed by atoms with Gasteiger partial charge in [0.25, 0.3) is 0 Å². The second-order valence-electron chi connectivity index (χ2n) is 8.85. The molecule has 5 aromatic rings. The Morgan fingerprint density at radius 3 is 2.24 bits per heavy atom. The number of nitrogens with zero attached hydrogens (tertiary/aromatic N) is 1. The number of ether oxygens (including phenoxy) is 2. The topological polar surface area (TPSA) is 60.7 Å². The number of aryl methyl sites for hydroxylation is 1. The Morgan fingerprint density at radius 2 is 1.54 bits per heavy atom. The standard InChI is InChI=1S/C31H26ClNO4/c1-21-28-17-27(36-19-23-5-3-2-4-6-23)15-16-29(28)33(31(21)24-9-11-25(32)12-10-24)18-22-7-13-26(14-8-22)37-20-30(34)35/h2-17H,18-20H2,1H3,(H,34,35). The largest absolute Gasteiger partial charge is 0.489 e. The van der Waals surface area contributed by atoms with Gasteiger partial charge in [-0.05, 0) is 71.6 Å². The lowest BCUT2D eigenvalue weighted by molar-refractivity contribution is -0.139. The summed E-state index contributed by atoms with van der Waals surface area (Å²) in [5, 5.41) is 10.7. The summed E-state index contributed by atoms with van der Waals surface area (Å²) in [6.07, 6.45) is 0. The Bertz CT molecular complexity index is 1520. The first-order chi connectivity index (χ1) is 18.0. The number of halogens is 1. The lowest BCUT2D eigenvalue weighted by atomic mass is 10.1. The van der Waals surface area contributed by atoms with E-state index in [4.69, 9.17) is 26.2 Å². The van der Waals surface area contributed by atoms with Gasteiger partial charge in [-0.2, -0.15) is 0 Å². The van der Waals surface area contributed by atoms with E-state index in [1.807, 2.05) is 60.7 Å². The van der Waals surface area contributed by atoms with Crippen LogP contribution in [0.1, 0.15) is 16.7 Å². The third-order valence-corrected chi connectivity index (χ3v) is 6.53. The Hall–Kier alpha value is -4.22. The lowest BCUT2D eigenvalue weighted by Crippen LogP contribution is -2.09. The molecule has 186 valence electrons. The lowest BCUT2D eigenvalue weighted by Gasteiger charge is -2.13. The molecule has 0 fully saturated rings. The average Bonchev–Trinajstić information content (AvgIpc) is 3.18. The van der Waals surface area contributed by atoms with Gasteiger partial charge < -0.3 is 19.1 Å². The summed E-state index contributed by atoms with van der Waals surface area (Å²) in [5.41, 5.74) is 6.63. The van der Waals surface area contributed by atoms with E-state index in [1.165, 1.54) is 0 Å². The molecule has 6 heteroatoms. The third kappa shape index (κ3) is 5.63. The van der Waals surface area contributed by atoms with Gasteiger partial charge in [0.15, 0.2) is 6.61 Å². The van der Waals surface area contributed by atoms with Crippen molar-refractivity contribution in [2.75, 3.05) is 6.61 Å². The maximum absolute atomic E-state index is 10.8. The predicted octanol–water partition coefficient (Wildman–Crippen LogP) is 7.36. The van der Waals surface area contributed by atoms with Crippen molar-refractivity contribution in [2.45, 2.75) is 20.1 Å². The smallest absolute Gasteiger partial charge is 0.341 e. The van der Waals surface area contributed by atoms with Crippen LogP contribution in [0.2, 0.25) is 5.02 Å². The molecule has 0 radical (unpaired) electrons. The van der Waals surface area contributed by atoms with Crippen LogP contribution in [0.5, 0.6) is 11.5 Å². The number of hydrogen-bond donors (Lipinski definition) is 1. The highest BCUT2D eigenvalue weighted by Gasteiger charge is 2.17. The molecule has 5 nitrogen and oxygen atoms in total. The normalized spacial score (nSPS) is 11.0. The Kier molecular flexibility index (Phi) is 7.15. The number of fused-ring (bicyclic) bond motifs is 1. The van der Waals surface area contributed by atoms with Gasteiger partial charge in [0, 0.05) is 22.5 Å². The number of rotatable bonds is 9. The van der Waals surface area contributed by atoms with E-state index in [0.29, 0.717) is 23.9 Å². The van der Waals surface area contributed by atoms with Gasteiger partial charge in [-0.15, -0.1) is 0 Å². The summed E-state index contributed by atoms with van der Waals surface area (Å²) in [6.45, 7) is 2.90. The van der Waals surface area contributed by atoms with E-state index in [9.17, 15) is 4.79 Å². The minimum atomic E-state index is -1.00. The van der Waals surface area contributed by atoms with Crippen molar-refractivity contribution in [2.24, 2.45) is 0 Å². The van der Waals surface area contributed by atoms with E-state index in [-0.39, 0.29) is 6.61 Å². The van der Waals surface area contributed by atoms with Gasteiger partial charge in [0.1, 0.15) is 18.1 Å². The first-order valence-corrected chi connectivity index (χ1v) is 12.3. The van der Waals surface area contributed by atoms with E-state index >= 15 is 0 Å². The van der Waals surface area contributed by atoms with Gasteiger partial charge >= 0.3 is 5.97 Å². The zero-order chi connectivity index (χ0) is 25.8. The van der Waals surface area contributed by atoms with Crippen LogP contribution in [0.15, 0.2) is 97.1 Å². The van der Waals surface area contributed by atoms with E-state index in [1.54, 1.807) is 12.1 Å². The SMILES string of the molecule is Cc1c(-c2ccc(Cl)cc2)n(Cc2ccc(OCC(=O)O)cc2)c2ccc(OCc3ccccc3)cc12. The average molecular weight is 512 g/mol. The molecule has 0 aliphatic carbocycles. The summed E-state index contributed by atoms with van der Waals surface area (Å²) in [5.74, 6) is 0.343. The number of carboxylic acids is 1. The molecule has 0 saturated heterocycles. The molecule has 0 bridgehead atoms. The fourth-order valence-corrected chi connectivity index (χ4v) is 4.62. The van der Waals surface area contributed by atoms with Gasteiger partial charge in [0.05, 0.1) is 5.69 Å². The molecule has 1 heterocycles. The maximum Gasteiger partial charge on any atom is 0.341 e. The van der Waals surface area contributed by atoms with Crippen LogP contribution in [0.25, 0.3) is 22.2 Å². The summed E-state index contributed by atoms with van der Waals surface area (Å²) in [4.78, 5) is 10.8. The minimum absolute atomic E-state index is 0.365. The molecule has 0 aliphatic heterocycles. The molecule has 0 saturated carbocycles. The summed E-state index contributed by atoms with van der Waals surface area (Å²) in [6, 6.07) is 31.7. The Balaban J connectivity index is 1.50. The number of carbonyl (C=O) groups is 1. The molecule has 0 atom stereocenters. The van der Waals surface area contributed by atoms with Crippen LogP contribution >= 0.6 is 11.6 Å². The highest BCUT2D eigenvalue weighted by Crippen LogP contribution is 2.36. The van der Waals surface area contributed by atoms with Crippen LogP contribution in [-0.4, -0.2) is 22.2 Å². The maximum atomic E-state index is 10.8. The van der Waals surface area contributed by atoms with Crippen molar-refractivity contribution >= 4 is 28.5 Å². The molecule has 0 spiro atoms. The molecular weight excluding hydrogens is 486 g/mol. The van der Waals surface area contributed by atoms with Gasteiger partial charge in [0.2, 0.25) is 0 Å². The second-order valence-corrected chi connectivity index (χ2v) is 9.28. The van der Waals surface area contributed by atoms with Crippen molar-refractivity contribution in [3.63, 3.8) is 0 Å². The molecule has 1 N–H and O–H groups in total. The number of carboxylic acid groups (broad SMARTS) is 1.